The predicted octanol–water partition coefficient (Wildman–Crippen LogP) is 3.82. The molecule has 0 bridgehead atoms. The lowest BCUT2D eigenvalue weighted by atomic mass is 10.1. The van der Waals surface area contributed by atoms with Crippen LogP contribution in [0, 0.1) is 13.8 Å². The Labute approximate surface area is 165 Å². The highest BCUT2D eigenvalue weighted by Gasteiger charge is 2.09. The van der Waals surface area contributed by atoms with Gasteiger partial charge in [-0.1, -0.05) is 30.3 Å². The number of carbonyl (C=O) groups is 1. The largest absolute Gasteiger partial charge is 0.496 e. The number of hydrogen-bond acceptors (Lipinski definition) is 5. The summed E-state index contributed by atoms with van der Waals surface area (Å²) in [7, 11) is 1.64. The zero-order valence-electron chi connectivity index (χ0n) is 16.3. The summed E-state index contributed by atoms with van der Waals surface area (Å²) in [4.78, 5) is 20.8. The average Bonchev–Trinajstić information content (AvgIpc) is 2.72. The highest BCUT2D eigenvalue weighted by Crippen LogP contribution is 2.21. The number of anilines is 2. The first-order valence-corrected chi connectivity index (χ1v) is 9.14. The van der Waals surface area contributed by atoms with Gasteiger partial charge in [0.2, 0.25) is 5.95 Å². The van der Waals surface area contributed by atoms with Crippen LogP contribution in [0.15, 0.2) is 54.9 Å². The average molecular weight is 376 g/mol. The molecule has 0 spiro atoms. The number of para-hydroxylation sites is 1. The van der Waals surface area contributed by atoms with Crippen molar-refractivity contribution in [3.05, 3.63) is 77.1 Å². The zero-order valence-corrected chi connectivity index (χ0v) is 16.3. The van der Waals surface area contributed by atoms with Crippen molar-refractivity contribution >= 4 is 17.5 Å². The number of carbonyl (C=O) groups excluding carboxylic acids is 1. The lowest BCUT2D eigenvalue weighted by Gasteiger charge is -2.11. The Morgan fingerprint density at radius 3 is 2.54 bits per heavy atom. The number of nitrogens with zero attached hydrogens (tertiary/aromatic N) is 2. The Morgan fingerprint density at radius 1 is 1.04 bits per heavy atom. The summed E-state index contributed by atoms with van der Waals surface area (Å²) in [6.07, 6.45) is 3.74. The molecule has 6 heteroatoms. The van der Waals surface area contributed by atoms with Crippen molar-refractivity contribution < 1.29 is 9.53 Å². The fourth-order valence-corrected chi connectivity index (χ4v) is 2.84. The van der Waals surface area contributed by atoms with E-state index >= 15 is 0 Å². The Bertz CT molecular complexity index is 955. The molecule has 3 aromatic rings. The molecular formula is C22H24N4O2. The van der Waals surface area contributed by atoms with E-state index in [0.717, 1.165) is 22.6 Å². The number of aromatic nitrogens is 2. The number of rotatable bonds is 7. The smallest absolute Gasteiger partial charge is 0.254 e. The van der Waals surface area contributed by atoms with Gasteiger partial charge in [-0.15, -0.1) is 0 Å². The molecule has 1 heterocycles. The topological polar surface area (TPSA) is 76.1 Å². The SMILES string of the molecule is COc1ccccc1CCNC(=O)c1cnc(Nc2cccc(C)c2C)nc1. The van der Waals surface area contributed by atoms with Crippen molar-refractivity contribution in [2.24, 2.45) is 0 Å². The molecular weight excluding hydrogens is 352 g/mol. The molecule has 0 atom stereocenters. The molecule has 1 amide bonds. The Hall–Kier alpha value is -3.41. The van der Waals surface area contributed by atoms with E-state index < -0.39 is 0 Å². The molecule has 2 N–H and O–H groups in total. The first-order chi connectivity index (χ1) is 13.6. The van der Waals surface area contributed by atoms with E-state index in [0.29, 0.717) is 24.5 Å². The van der Waals surface area contributed by atoms with E-state index in [2.05, 4.69) is 33.6 Å². The summed E-state index contributed by atoms with van der Waals surface area (Å²) in [5, 5.41) is 6.08. The molecule has 2 aromatic carbocycles. The minimum absolute atomic E-state index is 0.201. The van der Waals surface area contributed by atoms with Crippen molar-refractivity contribution in [1.29, 1.82) is 0 Å². The van der Waals surface area contributed by atoms with Gasteiger partial charge in [-0.25, -0.2) is 9.97 Å². The first kappa shape index (κ1) is 19.4. The van der Waals surface area contributed by atoms with Gasteiger partial charge in [0, 0.05) is 24.6 Å². The Morgan fingerprint density at radius 2 is 1.79 bits per heavy atom. The van der Waals surface area contributed by atoms with E-state index in [-0.39, 0.29) is 5.91 Å². The molecule has 0 saturated heterocycles. The molecule has 0 radical (unpaired) electrons. The van der Waals surface area contributed by atoms with Crippen LogP contribution in [-0.2, 0) is 6.42 Å². The van der Waals surface area contributed by atoms with E-state index in [4.69, 9.17) is 4.74 Å². The summed E-state index contributed by atoms with van der Waals surface area (Å²) in [5.41, 5.74) is 4.76. The molecule has 28 heavy (non-hydrogen) atoms. The maximum atomic E-state index is 12.3. The molecule has 0 aliphatic carbocycles. The van der Waals surface area contributed by atoms with Crippen LogP contribution >= 0.6 is 0 Å². The van der Waals surface area contributed by atoms with Crippen molar-refractivity contribution in [1.82, 2.24) is 15.3 Å². The molecule has 0 fully saturated rings. The van der Waals surface area contributed by atoms with Crippen LogP contribution in [-0.4, -0.2) is 29.5 Å². The van der Waals surface area contributed by atoms with Crippen LogP contribution in [0.4, 0.5) is 11.6 Å². The molecule has 1 aromatic heterocycles. The fraction of sp³-hybridized carbons (Fsp3) is 0.227. The standard InChI is InChI=1S/C22H24N4O2/c1-15-7-6-9-19(16(15)2)26-22-24-13-18(14-25-22)21(27)23-12-11-17-8-4-5-10-20(17)28-3/h4-10,13-14H,11-12H2,1-3H3,(H,23,27)(H,24,25,26). The number of nitrogens with one attached hydrogen (secondary N) is 2. The van der Waals surface area contributed by atoms with Gasteiger partial charge in [-0.2, -0.15) is 0 Å². The number of ether oxygens (including phenoxy) is 1. The quantitative estimate of drug-likeness (QED) is 0.656. The van der Waals surface area contributed by atoms with Gasteiger partial charge in [-0.3, -0.25) is 4.79 Å². The second kappa shape index (κ2) is 8.99. The molecule has 0 aliphatic heterocycles. The van der Waals surface area contributed by atoms with Gasteiger partial charge in [0.15, 0.2) is 0 Å². The molecule has 0 aliphatic rings. The first-order valence-electron chi connectivity index (χ1n) is 9.14. The number of amides is 1. The molecule has 6 nitrogen and oxygen atoms in total. The van der Waals surface area contributed by atoms with Gasteiger partial charge in [0.05, 0.1) is 12.7 Å². The number of hydrogen-bond donors (Lipinski definition) is 2. The van der Waals surface area contributed by atoms with E-state index in [1.165, 1.54) is 18.0 Å². The molecule has 3 rings (SSSR count). The highest BCUT2D eigenvalue weighted by atomic mass is 16.5. The molecule has 0 saturated carbocycles. The normalized spacial score (nSPS) is 10.4. The number of aryl methyl sites for hydroxylation is 1. The maximum absolute atomic E-state index is 12.3. The van der Waals surface area contributed by atoms with Crippen LogP contribution in [0.2, 0.25) is 0 Å². The van der Waals surface area contributed by atoms with Gasteiger partial charge < -0.3 is 15.4 Å². The predicted molar refractivity (Wildman–Crippen MR) is 110 cm³/mol. The second-order valence-electron chi connectivity index (χ2n) is 6.49. The van der Waals surface area contributed by atoms with Crippen LogP contribution in [0.25, 0.3) is 0 Å². The van der Waals surface area contributed by atoms with Gasteiger partial charge in [0.25, 0.3) is 5.91 Å². The summed E-state index contributed by atoms with van der Waals surface area (Å²) in [6.45, 7) is 4.60. The summed E-state index contributed by atoms with van der Waals surface area (Å²) in [5.74, 6) is 1.08. The van der Waals surface area contributed by atoms with E-state index in [1.807, 2.05) is 43.3 Å². The minimum Gasteiger partial charge on any atom is -0.496 e. The second-order valence-corrected chi connectivity index (χ2v) is 6.49. The minimum atomic E-state index is -0.201. The summed E-state index contributed by atoms with van der Waals surface area (Å²) < 4.78 is 5.33. The van der Waals surface area contributed by atoms with Crippen LogP contribution in [0.1, 0.15) is 27.0 Å². The lowest BCUT2D eigenvalue weighted by molar-refractivity contribution is 0.0953. The van der Waals surface area contributed by atoms with Crippen molar-refractivity contribution in [3.63, 3.8) is 0 Å². The van der Waals surface area contributed by atoms with Crippen LogP contribution in [0.3, 0.4) is 0 Å². The third kappa shape index (κ3) is 4.65. The number of methoxy groups -OCH3 is 1. The van der Waals surface area contributed by atoms with Crippen molar-refractivity contribution in [3.8, 4) is 5.75 Å². The molecule has 144 valence electrons. The van der Waals surface area contributed by atoms with Crippen molar-refractivity contribution in [2.75, 3.05) is 19.0 Å². The van der Waals surface area contributed by atoms with E-state index in [1.54, 1.807) is 7.11 Å². The Kier molecular flexibility index (Phi) is 6.22. The molecule has 0 unspecified atom stereocenters. The van der Waals surface area contributed by atoms with Crippen LogP contribution < -0.4 is 15.4 Å². The lowest BCUT2D eigenvalue weighted by Crippen LogP contribution is -2.26. The number of benzene rings is 2. The van der Waals surface area contributed by atoms with E-state index in [9.17, 15) is 4.79 Å². The van der Waals surface area contributed by atoms with Crippen molar-refractivity contribution in [2.45, 2.75) is 20.3 Å². The summed E-state index contributed by atoms with van der Waals surface area (Å²) in [6, 6.07) is 13.8. The van der Waals surface area contributed by atoms with Gasteiger partial charge >= 0.3 is 0 Å². The third-order valence-corrected chi connectivity index (χ3v) is 4.64. The Balaban J connectivity index is 1.57. The third-order valence-electron chi connectivity index (χ3n) is 4.64. The zero-order chi connectivity index (χ0) is 19.9. The van der Waals surface area contributed by atoms with Gasteiger partial charge in [-0.05, 0) is 49.1 Å². The van der Waals surface area contributed by atoms with Gasteiger partial charge in [0.1, 0.15) is 5.75 Å². The monoisotopic (exact) mass is 376 g/mol. The maximum Gasteiger partial charge on any atom is 0.254 e. The van der Waals surface area contributed by atoms with Crippen LogP contribution in [0.5, 0.6) is 5.75 Å². The summed E-state index contributed by atoms with van der Waals surface area (Å²) >= 11 is 0. The fourth-order valence-electron chi connectivity index (χ4n) is 2.84. The highest BCUT2D eigenvalue weighted by molar-refractivity contribution is 5.93.